The molecule has 118 valence electrons. The summed E-state index contributed by atoms with van der Waals surface area (Å²) in [7, 11) is 1.60. The van der Waals surface area contributed by atoms with Gasteiger partial charge in [-0.1, -0.05) is 24.3 Å². The molecule has 0 fully saturated rings. The van der Waals surface area contributed by atoms with Crippen LogP contribution in [0.4, 0.5) is 0 Å². The fourth-order valence-corrected chi connectivity index (χ4v) is 3.25. The summed E-state index contributed by atoms with van der Waals surface area (Å²) in [5.74, 6) is 1.33. The molecule has 0 saturated heterocycles. The third kappa shape index (κ3) is 2.87. The van der Waals surface area contributed by atoms with Crippen LogP contribution in [0.25, 0.3) is 11.2 Å². The lowest BCUT2D eigenvalue weighted by molar-refractivity contribution is 0.794. The van der Waals surface area contributed by atoms with E-state index in [1.165, 1.54) is 4.57 Å². The number of allylic oxidation sites excluding steroid dienone is 1. The number of thioether (sulfide) groups is 1. The van der Waals surface area contributed by atoms with Crippen molar-refractivity contribution in [3.8, 4) is 0 Å². The van der Waals surface area contributed by atoms with Crippen LogP contribution in [0.1, 0.15) is 5.82 Å². The smallest absolute Gasteiger partial charge is 0.318 e. The monoisotopic (exact) mass is 328 g/mol. The van der Waals surface area contributed by atoms with Crippen molar-refractivity contribution >= 4 is 22.9 Å². The van der Waals surface area contributed by atoms with Gasteiger partial charge in [-0.3, -0.25) is 14.3 Å². The highest BCUT2D eigenvalue weighted by molar-refractivity contribution is 7.98. The molecule has 23 heavy (non-hydrogen) atoms. The standard InChI is InChI=1S/C16H16N4O2S/c1-3-9-20-12(10-23-11-7-5-4-6-8-11)17-14-13(20)15(21)18-16(22)19(14)2/h3-8H,1,9-10H2,2H3,(H,18,21,22). The van der Waals surface area contributed by atoms with Gasteiger partial charge in [-0.25, -0.2) is 9.78 Å². The molecule has 0 bridgehead atoms. The van der Waals surface area contributed by atoms with Gasteiger partial charge in [0.25, 0.3) is 5.56 Å². The number of aromatic amines is 1. The van der Waals surface area contributed by atoms with Gasteiger partial charge in [-0.15, -0.1) is 18.3 Å². The van der Waals surface area contributed by atoms with Crippen LogP contribution in [0, 0.1) is 0 Å². The lowest BCUT2D eigenvalue weighted by Crippen LogP contribution is -2.29. The summed E-state index contributed by atoms with van der Waals surface area (Å²) in [6, 6.07) is 9.96. The first-order chi connectivity index (χ1) is 11.1. The van der Waals surface area contributed by atoms with Crippen LogP contribution in [-0.2, 0) is 19.3 Å². The minimum atomic E-state index is -0.465. The number of aromatic nitrogens is 4. The normalized spacial score (nSPS) is 11.0. The van der Waals surface area contributed by atoms with Crippen LogP contribution >= 0.6 is 11.8 Å². The Bertz CT molecular complexity index is 969. The highest BCUT2D eigenvalue weighted by Crippen LogP contribution is 2.23. The lowest BCUT2D eigenvalue weighted by atomic mass is 10.4. The van der Waals surface area contributed by atoms with Crippen molar-refractivity contribution in [2.75, 3.05) is 0 Å². The van der Waals surface area contributed by atoms with Gasteiger partial charge in [-0.05, 0) is 12.1 Å². The van der Waals surface area contributed by atoms with Gasteiger partial charge in [0, 0.05) is 18.5 Å². The second kappa shape index (κ2) is 6.29. The minimum Gasteiger partial charge on any atom is -0.318 e. The number of fused-ring (bicyclic) bond motifs is 1. The third-order valence-electron chi connectivity index (χ3n) is 3.51. The van der Waals surface area contributed by atoms with Crippen molar-refractivity contribution < 1.29 is 0 Å². The number of aryl methyl sites for hydroxylation is 1. The van der Waals surface area contributed by atoms with Gasteiger partial charge in [0.05, 0.1) is 5.75 Å². The van der Waals surface area contributed by atoms with E-state index in [2.05, 4.69) is 16.5 Å². The first-order valence-electron chi connectivity index (χ1n) is 7.09. The van der Waals surface area contributed by atoms with Crippen LogP contribution in [0.3, 0.4) is 0 Å². The molecule has 0 atom stereocenters. The molecule has 0 spiro atoms. The quantitative estimate of drug-likeness (QED) is 0.573. The minimum absolute atomic E-state index is 0.393. The van der Waals surface area contributed by atoms with E-state index in [0.717, 1.165) is 10.7 Å². The summed E-state index contributed by atoms with van der Waals surface area (Å²) in [5, 5.41) is 0. The van der Waals surface area contributed by atoms with E-state index in [1.54, 1.807) is 29.5 Å². The number of rotatable bonds is 5. The predicted molar refractivity (Wildman–Crippen MR) is 91.8 cm³/mol. The summed E-state index contributed by atoms with van der Waals surface area (Å²) < 4.78 is 3.16. The Balaban J connectivity index is 2.09. The molecule has 2 aromatic heterocycles. The zero-order valence-corrected chi connectivity index (χ0v) is 13.5. The van der Waals surface area contributed by atoms with Crippen LogP contribution < -0.4 is 11.2 Å². The molecule has 0 amide bonds. The Kier molecular flexibility index (Phi) is 4.20. The average molecular weight is 328 g/mol. The van der Waals surface area contributed by atoms with Crippen LogP contribution in [0.15, 0.2) is 57.5 Å². The summed E-state index contributed by atoms with van der Waals surface area (Å²) in [6.45, 7) is 4.20. The van der Waals surface area contributed by atoms with Gasteiger partial charge >= 0.3 is 5.69 Å². The fourth-order valence-electron chi connectivity index (χ4n) is 2.38. The van der Waals surface area contributed by atoms with E-state index < -0.39 is 11.2 Å². The Labute approximate surface area is 136 Å². The van der Waals surface area contributed by atoms with Crippen LogP contribution in [0.5, 0.6) is 0 Å². The molecule has 3 aromatic rings. The molecule has 3 rings (SSSR count). The zero-order chi connectivity index (χ0) is 16.4. The Morgan fingerprint density at radius 2 is 2.04 bits per heavy atom. The number of H-pyrrole nitrogens is 1. The highest BCUT2D eigenvalue weighted by Gasteiger charge is 2.16. The predicted octanol–water partition coefficient (Wildman–Crippen LogP) is 1.90. The fraction of sp³-hybridized carbons (Fsp3) is 0.188. The number of imidazole rings is 1. The van der Waals surface area contributed by atoms with E-state index in [-0.39, 0.29) is 0 Å². The van der Waals surface area contributed by atoms with E-state index >= 15 is 0 Å². The van der Waals surface area contributed by atoms with Crippen molar-refractivity contribution in [1.82, 2.24) is 19.1 Å². The molecule has 2 heterocycles. The number of benzene rings is 1. The number of hydrogen-bond donors (Lipinski definition) is 1. The van der Waals surface area contributed by atoms with Gasteiger partial charge in [0.1, 0.15) is 5.82 Å². The van der Waals surface area contributed by atoms with Crippen molar-refractivity contribution in [3.63, 3.8) is 0 Å². The first-order valence-corrected chi connectivity index (χ1v) is 8.07. The molecule has 0 aliphatic rings. The Morgan fingerprint density at radius 1 is 1.30 bits per heavy atom. The lowest BCUT2D eigenvalue weighted by Gasteiger charge is -2.05. The number of nitrogens with zero attached hydrogens (tertiary/aromatic N) is 3. The molecule has 6 nitrogen and oxygen atoms in total. The maximum atomic E-state index is 12.2. The summed E-state index contributed by atoms with van der Waals surface area (Å²) in [6.07, 6.45) is 1.71. The number of hydrogen-bond acceptors (Lipinski definition) is 4. The van der Waals surface area contributed by atoms with Gasteiger partial charge < -0.3 is 4.57 Å². The Morgan fingerprint density at radius 3 is 2.74 bits per heavy atom. The van der Waals surface area contributed by atoms with Crippen molar-refractivity contribution in [3.05, 3.63) is 69.6 Å². The van der Waals surface area contributed by atoms with Crippen molar-refractivity contribution in [2.24, 2.45) is 7.05 Å². The SMILES string of the molecule is C=CCn1c(CSc2ccccc2)nc2c1c(=O)[nH]c(=O)n2C. The average Bonchev–Trinajstić information content (AvgIpc) is 2.91. The molecular formula is C16H16N4O2S. The van der Waals surface area contributed by atoms with Crippen LogP contribution in [-0.4, -0.2) is 19.1 Å². The molecule has 0 unspecified atom stereocenters. The molecular weight excluding hydrogens is 312 g/mol. The van der Waals surface area contributed by atoms with Crippen molar-refractivity contribution in [2.45, 2.75) is 17.2 Å². The Hall–Kier alpha value is -2.54. The molecule has 0 radical (unpaired) electrons. The van der Waals surface area contributed by atoms with Gasteiger partial charge in [0.2, 0.25) is 0 Å². The van der Waals surface area contributed by atoms with Crippen molar-refractivity contribution in [1.29, 1.82) is 0 Å². The van der Waals surface area contributed by atoms with E-state index in [4.69, 9.17) is 0 Å². The maximum Gasteiger partial charge on any atom is 0.329 e. The molecule has 0 saturated carbocycles. The molecule has 1 aromatic carbocycles. The number of nitrogens with one attached hydrogen (secondary N) is 1. The molecule has 1 N–H and O–H groups in total. The summed E-state index contributed by atoms with van der Waals surface area (Å²) in [5.41, 5.74) is -0.0960. The maximum absolute atomic E-state index is 12.2. The topological polar surface area (TPSA) is 72.7 Å². The zero-order valence-electron chi connectivity index (χ0n) is 12.7. The molecule has 0 aliphatic heterocycles. The van der Waals surface area contributed by atoms with E-state index in [9.17, 15) is 9.59 Å². The molecule has 7 heteroatoms. The summed E-state index contributed by atoms with van der Waals surface area (Å²) >= 11 is 1.63. The third-order valence-corrected chi connectivity index (χ3v) is 4.52. The van der Waals surface area contributed by atoms with Gasteiger partial charge in [-0.2, -0.15) is 0 Å². The largest absolute Gasteiger partial charge is 0.329 e. The second-order valence-corrected chi connectivity index (χ2v) is 6.07. The van der Waals surface area contributed by atoms with E-state index in [1.807, 2.05) is 30.3 Å². The molecule has 0 aliphatic carbocycles. The summed E-state index contributed by atoms with van der Waals surface area (Å²) in [4.78, 5) is 31.8. The highest BCUT2D eigenvalue weighted by atomic mass is 32.2. The van der Waals surface area contributed by atoms with Crippen LogP contribution in [0.2, 0.25) is 0 Å². The van der Waals surface area contributed by atoms with Gasteiger partial charge in [0.15, 0.2) is 11.2 Å². The van der Waals surface area contributed by atoms with E-state index in [0.29, 0.717) is 23.5 Å². The second-order valence-electron chi connectivity index (χ2n) is 5.02. The first kappa shape index (κ1) is 15.4.